The molecule has 1 aromatic carbocycles. The van der Waals surface area contributed by atoms with Gasteiger partial charge in [-0.05, 0) is 6.92 Å². The topological polar surface area (TPSA) is 97.4 Å². The minimum absolute atomic E-state index is 0.115. The molecule has 2 rings (SSSR count). The number of aromatic nitrogens is 1. The van der Waals surface area contributed by atoms with Gasteiger partial charge in [-0.1, -0.05) is 35.9 Å². The number of nitrogens with zero attached hydrogens (tertiary/aromatic N) is 1. The molecule has 130 valence electrons. The van der Waals surface area contributed by atoms with Crippen molar-refractivity contribution in [1.29, 1.82) is 0 Å². The molecule has 1 heterocycles. The summed E-state index contributed by atoms with van der Waals surface area (Å²) in [7, 11) is 0. The molecule has 25 heavy (non-hydrogen) atoms. The summed E-state index contributed by atoms with van der Waals surface area (Å²) in [6, 6.07) is 7.06. The molecule has 2 N–H and O–H groups in total. The number of aryl methyl sites for hydroxylation is 1. The van der Waals surface area contributed by atoms with Crippen LogP contribution in [0.4, 0.5) is 4.79 Å². The van der Waals surface area contributed by atoms with Gasteiger partial charge in [0.05, 0.1) is 0 Å². The smallest absolute Gasteiger partial charge is 0.358 e. The van der Waals surface area contributed by atoms with Crippen LogP contribution in [0, 0.1) is 6.92 Å². The van der Waals surface area contributed by atoms with E-state index in [1.807, 2.05) is 36.5 Å². The average molecular weight is 359 g/mol. The number of hydrogen-bond donors (Lipinski definition) is 2. The summed E-state index contributed by atoms with van der Waals surface area (Å²) in [6.45, 7) is 5.06. The molecule has 0 saturated heterocycles. The van der Waals surface area contributed by atoms with Crippen molar-refractivity contribution in [2.45, 2.75) is 6.92 Å². The Labute approximate surface area is 148 Å². The number of imide groups is 1. The fraction of sp³-hybridized carbons (Fsp3) is 0.176. The summed E-state index contributed by atoms with van der Waals surface area (Å²) >= 11 is 1.30. The second kappa shape index (κ2) is 8.74. The lowest BCUT2D eigenvalue weighted by Gasteiger charge is -2.05. The van der Waals surface area contributed by atoms with Crippen molar-refractivity contribution in [3.8, 4) is 10.6 Å². The standard InChI is InChI=1S/C17H17N3O4S/c1-3-8-18-17(23)20-14(21)9-24-16(22)13-10-25-15(19-13)12-6-4-11(2)5-7-12/h3-7,10H,1,8-9H2,2H3,(H2,18,20,21,23). The van der Waals surface area contributed by atoms with E-state index in [2.05, 4.69) is 16.9 Å². The summed E-state index contributed by atoms with van der Waals surface area (Å²) in [6.07, 6.45) is 1.47. The Balaban J connectivity index is 1.87. The predicted octanol–water partition coefficient (Wildman–Crippen LogP) is 2.29. The van der Waals surface area contributed by atoms with Gasteiger partial charge in [0.1, 0.15) is 5.01 Å². The first-order valence-electron chi connectivity index (χ1n) is 7.38. The van der Waals surface area contributed by atoms with Gasteiger partial charge in [-0.15, -0.1) is 17.9 Å². The lowest BCUT2D eigenvalue weighted by atomic mass is 10.2. The maximum absolute atomic E-state index is 11.9. The van der Waals surface area contributed by atoms with Gasteiger partial charge in [-0.25, -0.2) is 14.6 Å². The number of carbonyl (C=O) groups excluding carboxylic acids is 3. The van der Waals surface area contributed by atoms with Crippen LogP contribution in [-0.4, -0.2) is 36.0 Å². The molecule has 0 unspecified atom stereocenters. The number of benzene rings is 1. The minimum Gasteiger partial charge on any atom is -0.451 e. The number of thiazole rings is 1. The average Bonchev–Trinajstić information content (AvgIpc) is 3.08. The van der Waals surface area contributed by atoms with Crippen molar-refractivity contribution >= 4 is 29.2 Å². The number of urea groups is 1. The molecule has 0 spiro atoms. The highest BCUT2D eigenvalue weighted by atomic mass is 32.1. The van der Waals surface area contributed by atoms with Crippen LogP contribution in [0.3, 0.4) is 0 Å². The minimum atomic E-state index is -0.733. The monoisotopic (exact) mass is 359 g/mol. The molecule has 0 aliphatic carbocycles. The zero-order valence-corrected chi connectivity index (χ0v) is 14.4. The van der Waals surface area contributed by atoms with Crippen LogP contribution in [0.1, 0.15) is 16.1 Å². The highest BCUT2D eigenvalue weighted by molar-refractivity contribution is 7.13. The molecular weight excluding hydrogens is 342 g/mol. The van der Waals surface area contributed by atoms with Gasteiger partial charge in [0.15, 0.2) is 12.3 Å². The molecule has 3 amide bonds. The Morgan fingerprint density at radius 3 is 2.68 bits per heavy atom. The van der Waals surface area contributed by atoms with Gasteiger partial charge in [0.25, 0.3) is 5.91 Å². The fourth-order valence-corrected chi connectivity index (χ4v) is 2.57. The molecule has 2 aromatic rings. The Morgan fingerprint density at radius 2 is 2.00 bits per heavy atom. The number of nitrogens with one attached hydrogen (secondary N) is 2. The molecule has 8 heteroatoms. The van der Waals surface area contributed by atoms with Crippen molar-refractivity contribution in [2.24, 2.45) is 0 Å². The zero-order chi connectivity index (χ0) is 18.2. The largest absolute Gasteiger partial charge is 0.451 e. The molecule has 0 fully saturated rings. The van der Waals surface area contributed by atoms with E-state index in [0.717, 1.165) is 11.1 Å². The third-order valence-corrected chi connectivity index (χ3v) is 3.90. The first-order chi connectivity index (χ1) is 12.0. The first kappa shape index (κ1) is 18.3. The van der Waals surface area contributed by atoms with Crippen LogP contribution in [0.5, 0.6) is 0 Å². The van der Waals surface area contributed by atoms with E-state index < -0.39 is 24.5 Å². The molecular formula is C17H17N3O4S. The van der Waals surface area contributed by atoms with E-state index in [1.54, 1.807) is 5.38 Å². The summed E-state index contributed by atoms with van der Waals surface area (Å²) in [5.74, 6) is -1.46. The second-order valence-electron chi connectivity index (χ2n) is 5.03. The lowest BCUT2D eigenvalue weighted by molar-refractivity contribution is -0.123. The first-order valence-corrected chi connectivity index (χ1v) is 8.26. The maximum Gasteiger partial charge on any atom is 0.358 e. The Bertz CT molecular complexity index is 783. The molecule has 0 aliphatic heterocycles. The summed E-state index contributed by atoms with van der Waals surface area (Å²) in [5, 5.41) is 6.64. The van der Waals surface area contributed by atoms with Crippen molar-refractivity contribution in [3.63, 3.8) is 0 Å². The van der Waals surface area contributed by atoms with Gasteiger partial charge in [-0.2, -0.15) is 0 Å². The van der Waals surface area contributed by atoms with E-state index >= 15 is 0 Å². The van der Waals surface area contributed by atoms with E-state index in [4.69, 9.17) is 4.74 Å². The molecule has 0 aliphatic rings. The molecule has 0 atom stereocenters. The van der Waals surface area contributed by atoms with E-state index in [-0.39, 0.29) is 12.2 Å². The normalized spacial score (nSPS) is 9.96. The highest BCUT2D eigenvalue weighted by Gasteiger charge is 2.15. The highest BCUT2D eigenvalue weighted by Crippen LogP contribution is 2.24. The third kappa shape index (κ3) is 5.54. The lowest BCUT2D eigenvalue weighted by Crippen LogP contribution is -2.41. The summed E-state index contributed by atoms with van der Waals surface area (Å²) in [5.41, 5.74) is 2.14. The van der Waals surface area contributed by atoms with Crippen molar-refractivity contribution < 1.29 is 19.1 Å². The van der Waals surface area contributed by atoms with Crippen molar-refractivity contribution in [3.05, 3.63) is 53.6 Å². The van der Waals surface area contributed by atoms with Crippen LogP contribution in [-0.2, 0) is 9.53 Å². The summed E-state index contributed by atoms with van der Waals surface area (Å²) < 4.78 is 4.86. The van der Waals surface area contributed by atoms with Crippen molar-refractivity contribution in [2.75, 3.05) is 13.2 Å². The number of ether oxygens (including phenoxy) is 1. The zero-order valence-electron chi connectivity index (χ0n) is 13.6. The van der Waals surface area contributed by atoms with E-state index in [9.17, 15) is 14.4 Å². The maximum atomic E-state index is 11.9. The number of rotatable bonds is 6. The number of amides is 3. The van der Waals surface area contributed by atoms with Crippen LogP contribution in [0.2, 0.25) is 0 Å². The quantitative estimate of drug-likeness (QED) is 0.609. The SMILES string of the molecule is C=CCNC(=O)NC(=O)COC(=O)c1csc(-c2ccc(C)cc2)n1. The predicted molar refractivity (Wildman–Crippen MR) is 94.3 cm³/mol. The number of carbonyl (C=O) groups is 3. The Hall–Kier alpha value is -3.00. The van der Waals surface area contributed by atoms with Gasteiger partial charge >= 0.3 is 12.0 Å². The Kier molecular flexibility index (Phi) is 6.41. The summed E-state index contributed by atoms with van der Waals surface area (Å²) in [4.78, 5) is 38.9. The van der Waals surface area contributed by atoms with Gasteiger partial charge in [0.2, 0.25) is 0 Å². The molecule has 0 bridgehead atoms. The third-order valence-electron chi connectivity index (χ3n) is 3.01. The molecule has 1 aromatic heterocycles. The molecule has 0 radical (unpaired) electrons. The Morgan fingerprint density at radius 1 is 1.28 bits per heavy atom. The van der Waals surface area contributed by atoms with Gasteiger partial charge in [0, 0.05) is 17.5 Å². The fourth-order valence-electron chi connectivity index (χ4n) is 1.77. The van der Waals surface area contributed by atoms with Crippen LogP contribution >= 0.6 is 11.3 Å². The van der Waals surface area contributed by atoms with Crippen LogP contribution in [0.25, 0.3) is 10.6 Å². The van der Waals surface area contributed by atoms with E-state index in [1.165, 1.54) is 17.4 Å². The number of hydrogen-bond acceptors (Lipinski definition) is 6. The molecule has 0 saturated carbocycles. The van der Waals surface area contributed by atoms with E-state index in [0.29, 0.717) is 5.01 Å². The van der Waals surface area contributed by atoms with Crippen LogP contribution < -0.4 is 10.6 Å². The van der Waals surface area contributed by atoms with Gasteiger partial charge in [-0.3, -0.25) is 10.1 Å². The number of esters is 1. The second-order valence-corrected chi connectivity index (χ2v) is 5.89. The molecule has 7 nitrogen and oxygen atoms in total. The van der Waals surface area contributed by atoms with Gasteiger partial charge < -0.3 is 10.1 Å². The van der Waals surface area contributed by atoms with Crippen LogP contribution in [0.15, 0.2) is 42.3 Å². The van der Waals surface area contributed by atoms with Crippen molar-refractivity contribution in [1.82, 2.24) is 15.6 Å².